The van der Waals surface area contributed by atoms with Crippen molar-refractivity contribution in [2.45, 2.75) is 39.3 Å². The largest absolute Gasteiger partial charge is 0.444 e. The minimum Gasteiger partial charge on any atom is -0.444 e. The molecular formula is C8H18N2O3. The maximum atomic E-state index is 11.0. The smallest absolute Gasteiger partial charge is 0.407 e. The molecule has 78 valence electrons. The first-order valence-corrected chi connectivity index (χ1v) is 4.21. The van der Waals surface area contributed by atoms with Gasteiger partial charge in [-0.25, -0.2) is 10.3 Å². The van der Waals surface area contributed by atoms with E-state index in [0.717, 1.165) is 0 Å². The van der Waals surface area contributed by atoms with Crippen LogP contribution in [0.2, 0.25) is 0 Å². The van der Waals surface area contributed by atoms with Gasteiger partial charge in [-0.2, -0.15) is 0 Å². The molecule has 0 radical (unpaired) electrons. The van der Waals surface area contributed by atoms with Gasteiger partial charge in [-0.3, -0.25) is 0 Å². The van der Waals surface area contributed by atoms with E-state index in [0.29, 0.717) is 6.54 Å². The van der Waals surface area contributed by atoms with Crippen LogP contribution >= 0.6 is 0 Å². The van der Waals surface area contributed by atoms with Gasteiger partial charge in [0.25, 0.3) is 0 Å². The van der Waals surface area contributed by atoms with Crippen molar-refractivity contribution in [1.29, 1.82) is 0 Å². The third-order valence-corrected chi connectivity index (χ3v) is 1.17. The van der Waals surface area contributed by atoms with Gasteiger partial charge in [0.05, 0.1) is 0 Å². The molecular weight excluding hydrogens is 172 g/mol. The van der Waals surface area contributed by atoms with Crippen LogP contribution in [-0.4, -0.2) is 29.5 Å². The van der Waals surface area contributed by atoms with Crippen molar-refractivity contribution in [1.82, 2.24) is 10.8 Å². The summed E-state index contributed by atoms with van der Waals surface area (Å²) in [5.74, 6) is 0. The molecule has 0 aliphatic carbocycles. The third kappa shape index (κ3) is 7.55. The number of hydrogen-bond donors (Lipinski definition) is 3. The molecule has 0 rings (SSSR count). The average molecular weight is 190 g/mol. The van der Waals surface area contributed by atoms with E-state index in [2.05, 4.69) is 5.32 Å². The van der Waals surface area contributed by atoms with Crippen LogP contribution in [-0.2, 0) is 4.74 Å². The third-order valence-electron chi connectivity index (χ3n) is 1.17. The van der Waals surface area contributed by atoms with Crippen molar-refractivity contribution in [2.24, 2.45) is 0 Å². The molecule has 1 amide bonds. The zero-order valence-electron chi connectivity index (χ0n) is 8.55. The van der Waals surface area contributed by atoms with Gasteiger partial charge in [0.2, 0.25) is 0 Å². The summed E-state index contributed by atoms with van der Waals surface area (Å²) in [5.41, 5.74) is 1.53. The molecule has 0 saturated heterocycles. The van der Waals surface area contributed by atoms with Crippen LogP contribution in [0.25, 0.3) is 0 Å². The van der Waals surface area contributed by atoms with Crippen molar-refractivity contribution in [2.75, 3.05) is 6.54 Å². The molecule has 0 aromatic carbocycles. The van der Waals surface area contributed by atoms with Crippen molar-refractivity contribution in [3.63, 3.8) is 0 Å². The molecule has 0 spiro atoms. The number of hydroxylamine groups is 1. The Morgan fingerprint density at radius 3 is 2.46 bits per heavy atom. The molecule has 5 nitrogen and oxygen atoms in total. The van der Waals surface area contributed by atoms with Crippen molar-refractivity contribution < 1.29 is 14.7 Å². The van der Waals surface area contributed by atoms with Crippen LogP contribution in [0, 0.1) is 0 Å². The predicted molar refractivity (Wildman–Crippen MR) is 48.6 cm³/mol. The average Bonchev–Trinajstić information content (AvgIpc) is 1.97. The lowest BCUT2D eigenvalue weighted by Crippen LogP contribution is -2.40. The van der Waals surface area contributed by atoms with Crippen LogP contribution in [0.5, 0.6) is 0 Å². The van der Waals surface area contributed by atoms with Crippen molar-refractivity contribution in [3.8, 4) is 0 Å². The second-order valence-corrected chi connectivity index (χ2v) is 3.91. The number of hydrogen-bond acceptors (Lipinski definition) is 4. The van der Waals surface area contributed by atoms with Gasteiger partial charge in [0, 0.05) is 12.6 Å². The molecule has 0 saturated carbocycles. The predicted octanol–water partition coefficient (Wildman–Crippen LogP) is 0.878. The normalized spacial score (nSPS) is 13.6. The Morgan fingerprint density at radius 1 is 1.54 bits per heavy atom. The van der Waals surface area contributed by atoms with Gasteiger partial charge in [-0.15, -0.1) is 0 Å². The SMILES string of the molecule is C[C@H](CNC(=O)OC(C)(C)C)NO. The highest BCUT2D eigenvalue weighted by atomic mass is 16.6. The summed E-state index contributed by atoms with van der Waals surface area (Å²) in [6.07, 6.45) is -0.477. The molecule has 0 aliphatic rings. The van der Waals surface area contributed by atoms with Gasteiger partial charge < -0.3 is 15.3 Å². The number of rotatable bonds is 3. The first-order chi connectivity index (χ1) is 5.85. The number of alkyl carbamates (subject to hydrolysis) is 1. The van der Waals surface area contributed by atoms with E-state index in [-0.39, 0.29) is 6.04 Å². The summed E-state index contributed by atoms with van der Waals surface area (Å²) in [7, 11) is 0. The molecule has 3 N–H and O–H groups in total. The van der Waals surface area contributed by atoms with E-state index in [4.69, 9.17) is 9.94 Å². The van der Waals surface area contributed by atoms with Crippen LogP contribution in [0.1, 0.15) is 27.7 Å². The Hall–Kier alpha value is -0.810. The summed E-state index contributed by atoms with van der Waals surface area (Å²) in [5, 5.41) is 10.9. The fraction of sp³-hybridized carbons (Fsp3) is 0.875. The van der Waals surface area contributed by atoms with E-state index in [1.165, 1.54) is 0 Å². The molecule has 0 unspecified atom stereocenters. The molecule has 0 aromatic rings. The van der Waals surface area contributed by atoms with Gasteiger partial charge in [0.1, 0.15) is 5.60 Å². The van der Waals surface area contributed by atoms with Crippen molar-refractivity contribution in [3.05, 3.63) is 0 Å². The Bertz CT molecular complexity index is 165. The topological polar surface area (TPSA) is 70.6 Å². The van der Waals surface area contributed by atoms with Gasteiger partial charge in [-0.1, -0.05) is 0 Å². The first kappa shape index (κ1) is 12.2. The minimum absolute atomic E-state index is 0.187. The monoisotopic (exact) mass is 190 g/mol. The highest BCUT2D eigenvalue weighted by molar-refractivity contribution is 5.67. The van der Waals surface area contributed by atoms with Crippen LogP contribution in [0.3, 0.4) is 0 Å². The molecule has 13 heavy (non-hydrogen) atoms. The number of ether oxygens (including phenoxy) is 1. The lowest BCUT2D eigenvalue weighted by atomic mass is 10.2. The van der Waals surface area contributed by atoms with E-state index < -0.39 is 11.7 Å². The van der Waals surface area contributed by atoms with Crippen LogP contribution in [0.4, 0.5) is 4.79 Å². The molecule has 1 atom stereocenters. The first-order valence-electron chi connectivity index (χ1n) is 4.21. The summed E-state index contributed by atoms with van der Waals surface area (Å²) < 4.78 is 4.97. The Balaban J connectivity index is 3.64. The van der Waals surface area contributed by atoms with Crippen LogP contribution in [0.15, 0.2) is 0 Å². The minimum atomic E-state index is -0.486. The highest BCUT2D eigenvalue weighted by Gasteiger charge is 2.15. The lowest BCUT2D eigenvalue weighted by molar-refractivity contribution is 0.0506. The van der Waals surface area contributed by atoms with E-state index in [1.807, 2.05) is 5.48 Å². The van der Waals surface area contributed by atoms with E-state index >= 15 is 0 Å². The lowest BCUT2D eigenvalue weighted by Gasteiger charge is -2.20. The van der Waals surface area contributed by atoms with E-state index in [9.17, 15) is 4.79 Å². The zero-order chi connectivity index (χ0) is 10.5. The Labute approximate surface area is 78.4 Å². The summed E-state index contributed by atoms with van der Waals surface area (Å²) in [6, 6.07) is -0.187. The van der Waals surface area contributed by atoms with Crippen LogP contribution < -0.4 is 10.8 Å². The second kappa shape index (κ2) is 5.04. The molecule has 0 aromatic heterocycles. The Kier molecular flexibility index (Phi) is 4.72. The molecule has 0 heterocycles. The van der Waals surface area contributed by atoms with Gasteiger partial charge in [-0.05, 0) is 27.7 Å². The zero-order valence-corrected chi connectivity index (χ0v) is 8.55. The fourth-order valence-corrected chi connectivity index (χ4v) is 0.596. The highest BCUT2D eigenvalue weighted by Crippen LogP contribution is 2.06. The maximum absolute atomic E-state index is 11.0. The molecule has 0 bridgehead atoms. The number of carbonyl (C=O) groups is 1. The maximum Gasteiger partial charge on any atom is 0.407 e. The number of amides is 1. The van der Waals surface area contributed by atoms with Crippen molar-refractivity contribution >= 4 is 6.09 Å². The van der Waals surface area contributed by atoms with Gasteiger partial charge >= 0.3 is 6.09 Å². The summed E-state index contributed by atoms with van der Waals surface area (Å²) >= 11 is 0. The Morgan fingerprint density at radius 2 is 2.08 bits per heavy atom. The summed E-state index contributed by atoms with van der Waals surface area (Å²) in [4.78, 5) is 11.0. The fourth-order valence-electron chi connectivity index (χ4n) is 0.596. The summed E-state index contributed by atoms with van der Waals surface area (Å²) in [6.45, 7) is 7.43. The quantitative estimate of drug-likeness (QED) is 0.578. The second-order valence-electron chi connectivity index (χ2n) is 3.91. The standard InChI is InChI=1S/C8H18N2O3/c1-6(10-12)5-9-7(11)13-8(2,3)4/h6,10,12H,5H2,1-4H3,(H,9,11)/t6-/m1/s1. The van der Waals surface area contributed by atoms with E-state index in [1.54, 1.807) is 27.7 Å². The number of carbonyl (C=O) groups excluding carboxylic acids is 1. The van der Waals surface area contributed by atoms with Gasteiger partial charge in [0.15, 0.2) is 0 Å². The number of nitrogens with one attached hydrogen (secondary N) is 2. The molecule has 0 fully saturated rings. The molecule has 0 aliphatic heterocycles. The molecule has 5 heteroatoms.